The highest BCUT2D eigenvalue weighted by Gasteiger charge is 2.38. The molecule has 0 bridgehead atoms. The molecule has 8 nitrogen and oxygen atoms in total. The van der Waals surface area contributed by atoms with Gasteiger partial charge in [-0.05, 0) is 18.8 Å². The van der Waals surface area contributed by atoms with Crippen LogP contribution in [0.5, 0.6) is 0 Å². The zero-order valence-corrected chi connectivity index (χ0v) is 8.35. The van der Waals surface area contributed by atoms with E-state index in [4.69, 9.17) is 20.8 Å². The molecule has 0 aromatic carbocycles. The fourth-order valence-electron chi connectivity index (χ4n) is 1.85. The van der Waals surface area contributed by atoms with Gasteiger partial charge in [0, 0.05) is 0 Å². The fourth-order valence-corrected chi connectivity index (χ4v) is 1.85. The van der Waals surface area contributed by atoms with Gasteiger partial charge in [-0.15, -0.1) is 0 Å². The minimum absolute atomic E-state index is 0.292. The van der Waals surface area contributed by atoms with Gasteiger partial charge in [-0.2, -0.15) is 0 Å². The van der Waals surface area contributed by atoms with Gasteiger partial charge in [0.2, 0.25) is 0 Å². The second-order valence-electron chi connectivity index (χ2n) is 3.54. The van der Waals surface area contributed by atoms with Crippen molar-refractivity contribution in [3.63, 3.8) is 0 Å². The molecule has 15 heavy (non-hydrogen) atoms. The number of hydrogen-bond donors (Lipinski definition) is 4. The van der Waals surface area contributed by atoms with Crippen LogP contribution in [0.4, 0.5) is 0 Å². The van der Waals surface area contributed by atoms with Crippen LogP contribution in [0.1, 0.15) is 26.2 Å². The van der Waals surface area contributed by atoms with E-state index in [9.17, 15) is 0 Å². The van der Waals surface area contributed by atoms with Gasteiger partial charge in [-0.3, -0.25) is 20.8 Å². The van der Waals surface area contributed by atoms with Gasteiger partial charge >= 0.3 is 0 Å². The molecule has 1 aliphatic rings. The Labute approximate surface area is 86.6 Å². The molecule has 1 aliphatic carbocycles. The molecule has 0 amide bonds. The van der Waals surface area contributed by atoms with E-state index >= 15 is 0 Å². The summed E-state index contributed by atoms with van der Waals surface area (Å²) >= 11 is 0. The predicted molar refractivity (Wildman–Crippen MR) is 43.6 cm³/mol. The first-order valence-corrected chi connectivity index (χ1v) is 4.72. The van der Waals surface area contributed by atoms with Crippen molar-refractivity contribution in [1.82, 2.24) is 10.8 Å². The van der Waals surface area contributed by atoms with Crippen molar-refractivity contribution in [2.24, 2.45) is 5.92 Å². The Balaban J connectivity index is 2.49. The van der Waals surface area contributed by atoms with Gasteiger partial charge in [0.05, 0.1) is 10.8 Å². The number of rotatable bonds is 5. The highest BCUT2D eigenvalue weighted by molar-refractivity contribution is 4.83. The minimum atomic E-state index is -0.619. The van der Waals surface area contributed by atoms with E-state index in [1.165, 1.54) is 0 Å². The lowest BCUT2D eigenvalue weighted by Gasteiger charge is -2.21. The normalized spacial score (nSPS) is 31.8. The molecule has 1 fully saturated rings. The van der Waals surface area contributed by atoms with Gasteiger partial charge in [0.25, 0.3) is 0 Å². The Morgan fingerprint density at radius 3 is 1.67 bits per heavy atom. The molecule has 0 heterocycles. The van der Waals surface area contributed by atoms with Crippen molar-refractivity contribution in [3.05, 3.63) is 0 Å². The van der Waals surface area contributed by atoms with Crippen LogP contribution in [0.25, 0.3) is 0 Å². The molecule has 0 unspecified atom stereocenters. The third-order valence-electron chi connectivity index (χ3n) is 2.58. The van der Waals surface area contributed by atoms with Crippen LogP contribution < -0.4 is 0 Å². The quantitative estimate of drug-likeness (QED) is 0.502. The van der Waals surface area contributed by atoms with Gasteiger partial charge in [-0.25, -0.2) is 9.68 Å². The van der Waals surface area contributed by atoms with Gasteiger partial charge in [-0.1, -0.05) is 13.3 Å². The Hall–Kier alpha value is -0.320. The molecule has 0 aliphatic heterocycles. The highest BCUT2D eigenvalue weighted by Crippen LogP contribution is 2.32. The average molecular weight is 224 g/mol. The zero-order chi connectivity index (χ0) is 11.4. The number of hydrogen-bond acceptors (Lipinski definition) is 8. The van der Waals surface area contributed by atoms with E-state index in [1.54, 1.807) is 0 Å². The SMILES string of the molecule is CC[C@H]1C[C@H](ON(O)O)[C@H](ON(O)O)C1. The summed E-state index contributed by atoms with van der Waals surface area (Å²) in [6.45, 7) is 1.98. The average Bonchev–Trinajstić information content (AvgIpc) is 2.46. The molecule has 0 aromatic heterocycles. The summed E-state index contributed by atoms with van der Waals surface area (Å²) < 4.78 is 0. The Bertz CT molecular complexity index is 172. The van der Waals surface area contributed by atoms with Crippen LogP contribution in [0.2, 0.25) is 0 Å². The van der Waals surface area contributed by atoms with E-state index < -0.39 is 23.0 Å². The third kappa shape index (κ3) is 3.97. The van der Waals surface area contributed by atoms with Crippen LogP contribution in [0.3, 0.4) is 0 Å². The monoisotopic (exact) mass is 224 g/mol. The fraction of sp³-hybridized carbons (Fsp3) is 1.00. The van der Waals surface area contributed by atoms with E-state index in [2.05, 4.69) is 9.68 Å². The summed E-state index contributed by atoms with van der Waals surface area (Å²) in [5.74, 6) is 0.292. The maximum atomic E-state index is 8.50. The first-order valence-electron chi connectivity index (χ1n) is 4.72. The molecule has 1 saturated carbocycles. The second kappa shape index (κ2) is 5.68. The summed E-state index contributed by atoms with van der Waals surface area (Å²) in [5, 5.41) is 33.2. The first kappa shape index (κ1) is 12.7. The van der Waals surface area contributed by atoms with Crippen LogP contribution in [0.15, 0.2) is 0 Å². The van der Waals surface area contributed by atoms with Gasteiger partial charge < -0.3 is 0 Å². The van der Waals surface area contributed by atoms with Gasteiger partial charge in [0.15, 0.2) is 0 Å². The smallest absolute Gasteiger partial charge is 0.113 e. The second-order valence-corrected chi connectivity index (χ2v) is 3.54. The Morgan fingerprint density at radius 1 is 1.00 bits per heavy atom. The van der Waals surface area contributed by atoms with Crippen LogP contribution in [-0.4, -0.2) is 43.8 Å². The first-order chi connectivity index (χ1) is 7.02. The molecule has 0 radical (unpaired) electrons. The summed E-state index contributed by atoms with van der Waals surface area (Å²) in [7, 11) is 0. The van der Waals surface area contributed by atoms with Crippen molar-refractivity contribution in [1.29, 1.82) is 0 Å². The summed E-state index contributed by atoms with van der Waals surface area (Å²) in [6.07, 6.45) is 0.769. The van der Waals surface area contributed by atoms with E-state index in [0.717, 1.165) is 6.42 Å². The van der Waals surface area contributed by atoms with E-state index in [1.807, 2.05) is 6.92 Å². The highest BCUT2D eigenvalue weighted by atomic mass is 17.1. The van der Waals surface area contributed by atoms with Crippen molar-refractivity contribution in [2.75, 3.05) is 0 Å². The molecule has 0 saturated heterocycles. The van der Waals surface area contributed by atoms with Gasteiger partial charge in [0.1, 0.15) is 12.2 Å². The molecule has 0 spiro atoms. The molecule has 8 heteroatoms. The zero-order valence-electron chi connectivity index (χ0n) is 8.35. The third-order valence-corrected chi connectivity index (χ3v) is 2.58. The Kier molecular flexibility index (Phi) is 4.83. The van der Waals surface area contributed by atoms with Crippen LogP contribution in [0, 0.1) is 5.92 Å². The lowest BCUT2D eigenvalue weighted by molar-refractivity contribution is -0.535. The predicted octanol–water partition coefficient (Wildman–Crippen LogP) is 0.568. The summed E-state index contributed by atoms with van der Waals surface area (Å²) in [5.41, 5.74) is 0. The molecule has 0 aromatic rings. The summed E-state index contributed by atoms with van der Waals surface area (Å²) in [6, 6.07) is 0. The largest absolute Gasteiger partial charge is 0.266 e. The number of nitrogens with zero attached hydrogens (tertiary/aromatic N) is 2. The Morgan fingerprint density at radius 2 is 1.40 bits per heavy atom. The van der Waals surface area contributed by atoms with Crippen LogP contribution >= 0.6 is 0 Å². The molecule has 1 rings (SSSR count). The maximum absolute atomic E-state index is 8.50. The maximum Gasteiger partial charge on any atom is 0.113 e. The molecule has 90 valence electrons. The van der Waals surface area contributed by atoms with Crippen molar-refractivity contribution < 1.29 is 30.5 Å². The van der Waals surface area contributed by atoms with Crippen LogP contribution in [-0.2, 0) is 9.68 Å². The molecular formula is C7H16N2O6. The van der Waals surface area contributed by atoms with Crippen molar-refractivity contribution in [2.45, 2.75) is 38.4 Å². The molecule has 4 N–H and O–H groups in total. The molecule has 3 atom stereocenters. The van der Waals surface area contributed by atoms with E-state index in [-0.39, 0.29) is 0 Å². The van der Waals surface area contributed by atoms with Crippen molar-refractivity contribution in [3.8, 4) is 0 Å². The lowest BCUT2D eigenvalue weighted by Crippen LogP contribution is -2.35. The van der Waals surface area contributed by atoms with Crippen molar-refractivity contribution >= 4 is 0 Å². The molecular weight excluding hydrogens is 208 g/mol. The minimum Gasteiger partial charge on any atom is -0.266 e. The lowest BCUT2D eigenvalue weighted by atomic mass is 10.1. The standard InChI is InChI=1S/C7H16N2O6/c1-2-5-3-6(14-8(10)11)7(4-5)15-9(12)13/h5-7,10-13H,2-4H2,1H3/t5-,6-,7+. The topological polar surface area (TPSA) is 106 Å². The van der Waals surface area contributed by atoms with E-state index in [0.29, 0.717) is 18.8 Å². The summed E-state index contributed by atoms with van der Waals surface area (Å²) in [4.78, 5) is 9.25.